The third-order valence-corrected chi connectivity index (χ3v) is 4.39. The Morgan fingerprint density at radius 3 is 2.40 bits per heavy atom. The Labute approximate surface area is 122 Å². The van der Waals surface area contributed by atoms with Gasteiger partial charge in [-0.1, -0.05) is 38.3 Å². The van der Waals surface area contributed by atoms with E-state index in [9.17, 15) is 5.11 Å². The summed E-state index contributed by atoms with van der Waals surface area (Å²) >= 11 is 0. The van der Waals surface area contributed by atoms with Gasteiger partial charge < -0.3 is 15.2 Å². The van der Waals surface area contributed by atoms with Crippen LogP contribution in [0.4, 0.5) is 0 Å². The van der Waals surface area contributed by atoms with Crippen LogP contribution in [0, 0.1) is 0 Å². The van der Waals surface area contributed by atoms with Gasteiger partial charge in [-0.25, -0.2) is 0 Å². The molecule has 112 valence electrons. The van der Waals surface area contributed by atoms with Crippen molar-refractivity contribution in [3.05, 3.63) is 29.8 Å². The number of methoxy groups -OCH3 is 1. The maximum atomic E-state index is 10.6. The van der Waals surface area contributed by atoms with Crippen molar-refractivity contribution in [1.29, 1.82) is 0 Å². The van der Waals surface area contributed by atoms with Crippen LogP contribution in [0.25, 0.3) is 0 Å². The van der Waals surface area contributed by atoms with E-state index in [2.05, 4.69) is 24.4 Å². The molecule has 1 aliphatic rings. The average Bonchev–Trinajstić information content (AvgIpc) is 2.49. The molecule has 1 atom stereocenters. The van der Waals surface area contributed by atoms with Gasteiger partial charge in [-0.15, -0.1) is 0 Å². The first-order valence-electron chi connectivity index (χ1n) is 7.76. The first-order chi connectivity index (χ1) is 9.67. The summed E-state index contributed by atoms with van der Waals surface area (Å²) in [4.78, 5) is 0. The van der Waals surface area contributed by atoms with Crippen LogP contribution in [0.15, 0.2) is 24.3 Å². The number of nitrogens with one attached hydrogen (secondary N) is 1. The molecule has 0 amide bonds. The van der Waals surface area contributed by atoms with E-state index in [0.29, 0.717) is 12.6 Å². The lowest BCUT2D eigenvalue weighted by molar-refractivity contribution is 0.00248. The normalized spacial score (nSPS) is 19.6. The number of aliphatic hydroxyl groups is 1. The minimum absolute atomic E-state index is 0.298. The Morgan fingerprint density at radius 2 is 1.85 bits per heavy atom. The molecule has 3 heteroatoms. The Kier molecular flexibility index (Phi) is 5.44. The van der Waals surface area contributed by atoms with E-state index >= 15 is 0 Å². The predicted molar refractivity (Wildman–Crippen MR) is 82.1 cm³/mol. The van der Waals surface area contributed by atoms with Crippen molar-refractivity contribution < 1.29 is 9.84 Å². The molecule has 1 aromatic rings. The Balaban J connectivity index is 1.94. The van der Waals surface area contributed by atoms with Crippen molar-refractivity contribution in [3.8, 4) is 5.75 Å². The van der Waals surface area contributed by atoms with E-state index in [1.165, 1.54) is 12.0 Å². The van der Waals surface area contributed by atoms with E-state index < -0.39 is 5.60 Å². The summed E-state index contributed by atoms with van der Waals surface area (Å²) in [7, 11) is 1.68. The van der Waals surface area contributed by atoms with Gasteiger partial charge in [0.1, 0.15) is 5.75 Å². The smallest absolute Gasteiger partial charge is 0.118 e. The highest BCUT2D eigenvalue weighted by Gasteiger charge is 2.29. The van der Waals surface area contributed by atoms with Crippen LogP contribution in [0.3, 0.4) is 0 Å². The largest absolute Gasteiger partial charge is 0.497 e. The summed E-state index contributed by atoms with van der Waals surface area (Å²) in [6.07, 6.45) is 6.44. The number of rotatable bonds is 6. The van der Waals surface area contributed by atoms with Gasteiger partial charge in [0, 0.05) is 12.6 Å². The molecule has 0 radical (unpaired) electrons. The molecule has 1 unspecified atom stereocenters. The molecule has 3 nitrogen and oxygen atoms in total. The molecular weight excluding hydrogens is 250 g/mol. The third kappa shape index (κ3) is 3.97. The molecule has 20 heavy (non-hydrogen) atoms. The number of benzene rings is 1. The maximum Gasteiger partial charge on any atom is 0.118 e. The molecule has 1 saturated carbocycles. The fraction of sp³-hybridized carbons (Fsp3) is 0.647. The van der Waals surface area contributed by atoms with Gasteiger partial charge in [0.05, 0.1) is 12.7 Å². The zero-order valence-corrected chi connectivity index (χ0v) is 12.7. The van der Waals surface area contributed by atoms with E-state index in [-0.39, 0.29) is 0 Å². The van der Waals surface area contributed by atoms with Crippen molar-refractivity contribution in [2.24, 2.45) is 0 Å². The van der Waals surface area contributed by atoms with Gasteiger partial charge >= 0.3 is 0 Å². The molecule has 1 aliphatic carbocycles. The van der Waals surface area contributed by atoms with Crippen LogP contribution < -0.4 is 10.1 Å². The zero-order chi connectivity index (χ0) is 14.4. The minimum Gasteiger partial charge on any atom is -0.497 e. The summed E-state index contributed by atoms with van der Waals surface area (Å²) in [6.45, 7) is 2.87. The van der Waals surface area contributed by atoms with Crippen molar-refractivity contribution in [1.82, 2.24) is 5.32 Å². The van der Waals surface area contributed by atoms with E-state index in [0.717, 1.165) is 37.9 Å². The predicted octanol–water partition coefficient (Wildman–Crippen LogP) is 3.43. The molecular formula is C17H27NO2. The topological polar surface area (TPSA) is 41.5 Å². The fourth-order valence-corrected chi connectivity index (χ4v) is 3.03. The molecule has 1 fully saturated rings. The quantitative estimate of drug-likeness (QED) is 0.837. The molecule has 0 aromatic heterocycles. The lowest BCUT2D eigenvalue weighted by Gasteiger charge is -2.34. The van der Waals surface area contributed by atoms with Crippen molar-refractivity contribution >= 4 is 0 Å². The van der Waals surface area contributed by atoms with Crippen LogP contribution in [-0.4, -0.2) is 24.4 Å². The molecule has 0 aliphatic heterocycles. The van der Waals surface area contributed by atoms with Gasteiger partial charge in [0.15, 0.2) is 0 Å². The van der Waals surface area contributed by atoms with Gasteiger partial charge in [-0.3, -0.25) is 0 Å². The Morgan fingerprint density at radius 1 is 1.20 bits per heavy atom. The lowest BCUT2D eigenvalue weighted by atomic mass is 9.84. The second-order valence-corrected chi connectivity index (χ2v) is 5.90. The highest BCUT2D eigenvalue weighted by Crippen LogP contribution is 2.28. The molecule has 1 aromatic carbocycles. The fourth-order valence-electron chi connectivity index (χ4n) is 3.03. The van der Waals surface area contributed by atoms with Crippen molar-refractivity contribution in [2.45, 2.75) is 57.1 Å². The average molecular weight is 277 g/mol. The molecule has 0 saturated heterocycles. The Hall–Kier alpha value is -1.06. The second-order valence-electron chi connectivity index (χ2n) is 5.90. The monoisotopic (exact) mass is 277 g/mol. The highest BCUT2D eigenvalue weighted by atomic mass is 16.5. The molecule has 2 N–H and O–H groups in total. The molecule has 0 heterocycles. The zero-order valence-electron chi connectivity index (χ0n) is 12.7. The number of hydrogen-bond donors (Lipinski definition) is 2. The SMILES string of the molecule is CCC(NCC1(O)CCCCC1)c1ccc(OC)cc1. The first kappa shape index (κ1) is 15.3. The van der Waals surface area contributed by atoms with Crippen LogP contribution in [0.5, 0.6) is 5.75 Å². The van der Waals surface area contributed by atoms with Crippen LogP contribution in [0.1, 0.15) is 57.1 Å². The van der Waals surface area contributed by atoms with Gasteiger partial charge in [-0.05, 0) is 37.0 Å². The van der Waals surface area contributed by atoms with Gasteiger partial charge in [0.25, 0.3) is 0 Å². The standard InChI is InChI=1S/C17H27NO2/c1-3-16(14-7-9-15(20-2)10-8-14)18-13-17(19)11-5-4-6-12-17/h7-10,16,18-19H,3-6,11-13H2,1-2H3. The van der Waals surface area contributed by atoms with Crippen LogP contribution in [-0.2, 0) is 0 Å². The minimum atomic E-state index is -0.502. The molecule has 0 bridgehead atoms. The maximum absolute atomic E-state index is 10.6. The van der Waals surface area contributed by atoms with Gasteiger partial charge in [0.2, 0.25) is 0 Å². The lowest BCUT2D eigenvalue weighted by Crippen LogP contribution is -2.43. The van der Waals surface area contributed by atoms with E-state index in [4.69, 9.17) is 4.74 Å². The van der Waals surface area contributed by atoms with Crippen molar-refractivity contribution in [2.75, 3.05) is 13.7 Å². The first-order valence-corrected chi connectivity index (χ1v) is 7.76. The number of ether oxygens (including phenoxy) is 1. The molecule has 2 rings (SSSR count). The Bertz CT molecular complexity index is 396. The summed E-state index contributed by atoms with van der Waals surface area (Å²) in [6, 6.07) is 8.49. The summed E-state index contributed by atoms with van der Waals surface area (Å²) in [5.41, 5.74) is 0.755. The summed E-state index contributed by atoms with van der Waals surface area (Å²) in [5, 5.41) is 14.1. The van der Waals surface area contributed by atoms with Crippen LogP contribution in [0.2, 0.25) is 0 Å². The summed E-state index contributed by atoms with van der Waals surface area (Å²) in [5.74, 6) is 0.884. The molecule has 0 spiro atoms. The third-order valence-electron chi connectivity index (χ3n) is 4.39. The van der Waals surface area contributed by atoms with E-state index in [1.54, 1.807) is 7.11 Å². The summed E-state index contributed by atoms with van der Waals surface area (Å²) < 4.78 is 5.19. The number of hydrogen-bond acceptors (Lipinski definition) is 3. The van der Waals surface area contributed by atoms with Crippen molar-refractivity contribution in [3.63, 3.8) is 0 Å². The van der Waals surface area contributed by atoms with Gasteiger partial charge in [-0.2, -0.15) is 0 Å². The van der Waals surface area contributed by atoms with Crippen LogP contribution >= 0.6 is 0 Å². The second kappa shape index (κ2) is 7.09. The van der Waals surface area contributed by atoms with E-state index in [1.807, 2.05) is 12.1 Å². The highest BCUT2D eigenvalue weighted by molar-refractivity contribution is 5.29.